The van der Waals surface area contributed by atoms with E-state index in [0.717, 1.165) is 27.4 Å². The summed E-state index contributed by atoms with van der Waals surface area (Å²) < 4.78 is 11.4. The molecule has 25 heavy (non-hydrogen) atoms. The minimum atomic E-state index is -0.153. The van der Waals surface area contributed by atoms with Crippen LogP contribution in [0.3, 0.4) is 0 Å². The Hall–Kier alpha value is -2.32. The largest absolute Gasteiger partial charge is 0.496 e. The molecule has 1 aromatic carbocycles. The fourth-order valence-corrected chi connectivity index (χ4v) is 4.38. The summed E-state index contributed by atoms with van der Waals surface area (Å²) in [6.45, 7) is 4.01. The standard InChI is InChI=1S/C17H20N4O3S/c1-8-4-14-11(6-13(8)23-3)20-17(24-14)21-9(2)15-12(5-10(21)7-22)19-16(18)25-15/h4,6,9-10,22H,5,7H2,1-3H3,(H2,18,19)/t9-,10-/m0/s1. The Bertz CT molecular complexity index is 936. The minimum Gasteiger partial charge on any atom is -0.496 e. The first-order valence-electron chi connectivity index (χ1n) is 8.11. The molecule has 7 nitrogen and oxygen atoms in total. The van der Waals surface area contributed by atoms with Gasteiger partial charge in [0.25, 0.3) is 6.01 Å². The van der Waals surface area contributed by atoms with Crippen molar-refractivity contribution in [2.24, 2.45) is 0 Å². The highest BCUT2D eigenvalue weighted by atomic mass is 32.1. The zero-order valence-corrected chi connectivity index (χ0v) is 15.1. The van der Waals surface area contributed by atoms with E-state index in [-0.39, 0.29) is 18.7 Å². The molecular formula is C17H20N4O3S. The number of hydrogen-bond donors (Lipinski definition) is 2. The SMILES string of the molecule is COc1cc2nc(N3[C@H](CO)Cc4nc(N)sc4[C@@H]3C)oc2cc1C. The summed E-state index contributed by atoms with van der Waals surface area (Å²) in [6.07, 6.45) is 0.616. The van der Waals surface area contributed by atoms with Gasteiger partial charge in [-0.25, -0.2) is 4.98 Å². The van der Waals surface area contributed by atoms with Crippen LogP contribution in [0.25, 0.3) is 11.1 Å². The van der Waals surface area contributed by atoms with Gasteiger partial charge >= 0.3 is 0 Å². The number of methoxy groups -OCH3 is 1. The number of nitrogens with zero attached hydrogens (tertiary/aromatic N) is 3. The predicted octanol–water partition coefficient (Wildman–Crippen LogP) is 2.67. The molecule has 0 saturated carbocycles. The van der Waals surface area contributed by atoms with Gasteiger partial charge in [0.05, 0.1) is 36.4 Å². The van der Waals surface area contributed by atoms with Crippen molar-refractivity contribution in [3.8, 4) is 5.75 Å². The molecule has 0 amide bonds. The van der Waals surface area contributed by atoms with Gasteiger partial charge in [0.2, 0.25) is 0 Å². The maximum atomic E-state index is 9.89. The highest BCUT2D eigenvalue weighted by Crippen LogP contribution is 2.41. The molecule has 0 aliphatic carbocycles. The van der Waals surface area contributed by atoms with E-state index in [1.807, 2.05) is 24.0 Å². The van der Waals surface area contributed by atoms with Crippen LogP contribution in [0.4, 0.5) is 11.1 Å². The Morgan fingerprint density at radius 3 is 2.96 bits per heavy atom. The summed E-state index contributed by atoms with van der Waals surface area (Å²) in [5.74, 6) is 0.773. The molecule has 0 radical (unpaired) electrons. The van der Waals surface area contributed by atoms with Gasteiger partial charge in [-0.1, -0.05) is 11.3 Å². The molecule has 0 unspecified atom stereocenters. The smallest absolute Gasteiger partial charge is 0.299 e. The normalized spacial score (nSPS) is 20.1. The van der Waals surface area contributed by atoms with E-state index in [2.05, 4.69) is 16.9 Å². The highest BCUT2D eigenvalue weighted by Gasteiger charge is 2.36. The summed E-state index contributed by atoms with van der Waals surface area (Å²) in [6, 6.07) is 4.11. The maximum Gasteiger partial charge on any atom is 0.299 e. The predicted molar refractivity (Wildman–Crippen MR) is 97.3 cm³/mol. The second-order valence-corrected chi connectivity index (χ2v) is 7.34. The molecule has 3 N–H and O–H groups in total. The summed E-state index contributed by atoms with van der Waals surface area (Å²) in [4.78, 5) is 12.1. The molecule has 8 heteroatoms. The third-order valence-corrected chi connectivity index (χ3v) is 5.79. The molecule has 0 fully saturated rings. The van der Waals surface area contributed by atoms with Gasteiger partial charge in [-0.05, 0) is 25.5 Å². The number of ether oxygens (including phenoxy) is 1. The molecule has 4 rings (SSSR count). The fraction of sp³-hybridized carbons (Fsp3) is 0.412. The van der Waals surface area contributed by atoms with Crippen molar-refractivity contribution >= 4 is 33.6 Å². The number of anilines is 2. The number of thiazole rings is 1. The van der Waals surface area contributed by atoms with Gasteiger partial charge in [-0.15, -0.1) is 0 Å². The molecule has 132 valence electrons. The lowest BCUT2D eigenvalue weighted by Gasteiger charge is -2.37. The number of fused-ring (bicyclic) bond motifs is 2. The Morgan fingerprint density at radius 2 is 2.24 bits per heavy atom. The van der Waals surface area contributed by atoms with Crippen LogP contribution in [-0.4, -0.2) is 34.8 Å². The monoisotopic (exact) mass is 360 g/mol. The minimum absolute atomic E-state index is 0.0116. The molecule has 0 bridgehead atoms. The Balaban J connectivity index is 1.80. The van der Waals surface area contributed by atoms with Crippen molar-refractivity contribution in [3.05, 3.63) is 28.3 Å². The number of benzene rings is 1. The average Bonchev–Trinajstić information content (AvgIpc) is 3.15. The third-order valence-electron chi connectivity index (χ3n) is 4.69. The number of nitrogen functional groups attached to an aromatic ring is 1. The van der Waals surface area contributed by atoms with Gasteiger partial charge in [-0.3, -0.25) is 0 Å². The number of aromatic nitrogens is 2. The molecule has 2 aromatic heterocycles. The number of aliphatic hydroxyl groups is 1. The van der Waals surface area contributed by atoms with Crippen LogP contribution in [0, 0.1) is 6.92 Å². The molecule has 3 aromatic rings. The first-order chi connectivity index (χ1) is 12.0. The maximum absolute atomic E-state index is 9.89. The summed E-state index contributed by atoms with van der Waals surface area (Å²) in [5, 5.41) is 10.4. The van der Waals surface area contributed by atoms with Gasteiger partial charge in [0.1, 0.15) is 11.3 Å². The zero-order valence-electron chi connectivity index (χ0n) is 14.3. The number of hydrogen-bond acceptors (Lipinski definition) is 8. The third kappa shape index (κ3) is 2.52. The number of aryl methyl sites for hydroxylation is 1. The van der Waals surface area contributed by atoms with E-state index in [9.17, 15) is 5.11 Å². The molecular weight excluding hydrogens is 340 g/mol. The molecule has 1 aliphatic rings. The van der Waals surface area contributed by atoms with Crippen LogP contribution in [0.2, 0.25) is 0 Å². The summed E-state index contributed by atoms with van der Waals surface area (Å²) in [7, 11) is 1.64. The van der Waals surface area contributed by atoms with E-state index in [4.69, 9.17) is 14.9 Å². The summed E-state index contributed by atoms with van der Waals surface area (Å²) >= 11 is 1.48. The van der Waals surface area contributed by atoms with Crippen molar-refractivity contribution in [2.45, 2.75) is 32.4 Å². The lowest BCUT2D eigenvalue weighted by molar-refractivity contribution is 0.242. The highest BCUT2D eigenvalue weighted by molar-refractivity contribution is 7.15. The molecule has 0 saturated heterocycles. The van der Waals surface area contributed by atoms with Crippen LogP contribution in [0.15, 0.2) is 16.5 Å². The Labute approximate surface area is 149 Å². The first kappa shape index (κ1) is 16.2. The van der Waals surface area contributed by atoms with Crippen molar-refractivity contribution < 1.29 is 14.3 Å². The first-order valence-corrected chi connectivity index (χ1v) is 8.93. The van der Waals surface area contributed by atoms with Crippen LogP contribution < -0.4 is 15.4 Å². The van der Waals surface area contributed by atoms with E-state index in [0.29, 0.717) is 23.2 Å². The zero-order chi connectivity index (χ0) is 17.7. The van der Waals surface area contributed by atoms with Gasteiger partial charge in [0.15, 0.2) is 10.7 Å². The molecule has 2 atom stereocenters. The van der Waals surface area contributed by atoms with Crippen LogP contribution in [-0.2, 0) is 6.42 Å². The van der Waals surface area contributed by atoms with E-state index >= 15 is 0 Å². The van der Waals surface area contributed by atoms with Crippen LogP contribution in [0.5, 0.6) is 5.75 Å². The van der Waals surface area contributed by atoms with E-state index in [1.54, 1.807) is 7.11 Å². The lowest BCUT2D eigenvalue weighted by Crippen LogP contribution is -2.45. The van der Waals surface area contributed by atoms with E-state index < -0.39 is 0 Å². The second-order valence-electron chi connectivity index (χ2n) is 6.27. The molecule has 0 spiro atoms. The van der Waals surface area contributed by atoms with Gasteiger partial charge in [-0.2, -0.15) is 4.98 Å². The molecule has 1 aliphatic heterocycles. The Morgan fingerprint density at radius 1 is 1.44 bits per heavy atom. The number of nitrogens with two attached hydrogens (primary N) is 1. The van der Waals surface area contributed by atoms with Crippen LogP contribution in [0.1, 0.15) is 29.1 Å². The quantitative estimate of drug-likeness (QED) is 0.741. The fourth-order valence-electron chi connectivity index (χ4n) is 3.47. The van der Waals surface area contributed by atoms with E-state index in [1.165, 1.54) is 11.3 Å². The average molecular weight is 360 g/mol. The van der Waals surface area contributed by atoms with Crippen molar-refractivity contribution in [1.29, 1.82) is 0 Å². The number of rotatable bonds is 3. The molecule has 3 heterocycles. The van der Waals surface area contributed by atoms with Gasteiger partial charge < -0.3 is 24.9 Å². The van der Waals surface area contributed by atoms with Crippen molar-refractivity contribution in [3.63, 3.8) is 0 Å². The second kappa shape index (κ2) is 5.89. The lowest BCUT2D eigenvalue weighted by atomic mass is 10.00. The Kier molecular flexibility index (Phi) is 3.81. The van der Waals surface area contributed by atoms with Gasteiger partial charge in [0, 0.05) is 12.5 Å². The van der Waals surface area contributed by atoms with Crippen LogP contribution >= 0.6 is 11.3 Å². The van der Waals surface area contributed by atoms with Crippen molar-refractivity contribution in [1.82, 2.24) is 9.97 Å². The topological polar surface area (TPSA) is 97.6 Å². The number of oxazole rings is 1. The number of aliphatic hydroxyl groups excluding tert-OH is 1. The van der Waals surface area contributed by atoms with Crippen molar-refractivity contribution in [2.75, 3.05) is 24.4 Å². The summed E-state index contributed by atoms with van der Waals surface area (Å²) in [5.41, 5.74) is 9.25.